The lowest BCUT2D eigenvalue weighted by Gasteiger charge is -2.13. The zero-order valence-corrected chi connectivity index (χ0v) is 14.2. The maximum absolute atomic E-state index is 13.8. The van der Waals surface area contributed by atoms with Gasteiger partial charge in [0.25, 0.3) is 5.91 Å². The van der Waals surface area contributed by atoms with Crippen LogP contribution in [0.1, 0.15) is 35.3 Å². The fraction of sp³-hybridized carbons (Fsp3) is 0.278. The summed E-state index contributed by atoms with van der Waals surface area (Å²) in [6.07, 6.45) is 0. The summed E-state index contributed by atoms with van der Waals surface area (Å²) in [4.78, 5) is 12.2. The first-order valence-electron chi connectivity index (χ1n) is 7.46. The van der Waals surface area contributed by atoms with Gasteiger partial charge < -0.3 is 10.6 Å². The van der Waals surface area contributed by atoms with E-state index in [1.54, 1.807) is 18.2 Å². The largest absolute Gasteiger partial charge is 0.381 e. The molecule has 2 aromatic carbocycles. The molecule has 0 saturated heterocycles. The Morgan fingerprint density at radius 2 is 2.00 bits per heavy atom. The molecule has 5 heteroatoms. The number of rotatable bonds is 5. The van der Waals surface area contributed by atoms with Gasteiger partial charge in [-0.15, -0.1) is 0 Å². The molecule has 0 saturated carbocycles. The Kier molecular flexibility index (Phi) is 5.61. The standard InChI is InChI=1S/C18H20ClFN2O/c1-11(2)22-18(23)14-9-13(8-7-12(14)3)21-10-15-16(19)5-4-6-17(15)20/h4-9,11,21H,10H2,1-3H3,(H,22,23). The van der Waals surface area contributed by atoms with E-state index < -0.39 is 0 Å². The molecule has 0 unspecified atom stereocenters. The van der Waals surface area contributed by atoms with Crippen molar-refractivity contribution in [3.8, 4) is 0 Å². The van der Waals surface area contributed by atoms with Gasteiger partial charge in [0.2, 0.25) is 0 Å². The second-order valence-electron chi connectivity index (χ2n) is 5.71. The van der Waals surface area contributed by atoms with Gasteiger partial charge in [-0.2, -0.15) is 0 Å². The Bertz CT molecular complexity index is 696. The summed E-state index contributed by atoms with van der Waals surface area (Å²) in [7, 11) is 0. The number of carbonyl (C=O) groups excluding carboxylic acids is 1. The minimum atomic E-state index is -0.352. The van der Waals surface area contributed by atoms with Gasteiger partial charge in [-0.05, 0) is 50.6 Å². The van der Waals surface area contributed by atoms with Gasteiger partial charge in [-0.1, -0.05) is 23.7 Å². The average molecular weight is 335 g/mol. The van der Waals surface area contributed by atoms with Gasteiger partial charge in [0.15, 0.2) is 0 Å². The van der Waals surface area contributed by atoms with E-state index in [1.165, 1.54) is 6.07 Å². The smallest absolute Gasteiger partial charge is 0.251 e. The first-order valence-corrected chi connectivity index (χ1v) is 7.84. The van der Waals surface area contributed by atoms with Crippen molar-refractivity contribution in [1.82, 2.24) is 5.32 Å². The van der Waals surface area contributed by atoms with E-state index in [-0.39, 0.29) is 24.3 Å². The molecule has 2 N–H and O–H groups in total. The molecule has 3 nitrogen and oxygen atoms in total. The zero-order valence-electron chi connectivity index (χ0n) is 13.4. The summed E-state index contributed by atoms with van der Waals surface area (Å²) in [5, 5.41) is 6.36. The Labute approximate surface area is 140 Å². The fourth-order valence-corrected chi connectivity index (χ4v) is 2.44. The predicted molar refractivity (Wildman–Crippen MR) is 92.5 cm³/mol. The van der Waals surface area contributed by atoms with E-state index in [1.807, 2.05) is 32.9 Å². The summed E-state index contributed by atoms with van der Waals surface area (Å²) < 4.78 is 13.8. The van der Waals surface area contributed by atoms with Crippen LogP contribution in [0.5, 0.6) is 0 Å². The summed E-state index contributed by atoms with van der Waals surface area (Å²) in [5.41, 5.74) is 2.63. The number of benzene rings is 2. The normalized spacial score (nSPS) is 10.7. The number of halogens is 2. The van der Waals surface area contributed by atoms with Crippen molar-refractivity contribution in [3.63, 3.8) is 0 Å². The zero-order chi connectivity index (χ0) is 17.0. The topological polar surface area (TPSA) is 41.1 Å². The van der Waals surface area contributed by atoms with Crippen molar-refractivity contribution in [2.24, 2.45) is 0 Å². The van der Waals surface area contributed by atoms with Crippen molar-refractivity contribution in [3.05, 3.63) is 63.9 Å². The predicted octanol–water partition coefficient (Wildman–Crippen LogP) is 4.54. The highest BCUT2D eigenvalue weighted by Crippen LogP contribution is 2.21. The van der Waals surface area contributed by atoms with Gasteiger partial charge in [0.05, 0.1) is 0 Å². The first-order chi connectivity index (χ1) is 10.9. The molecule has 2 rings (SSSR count). The van der Waals surface area contributed by atoms with Crippen molar-refractivity contribution in [2.45, 2.75) is 33.4 Å². The summed E-state index contributed by atoms with van der Waals surface area (Å²) in [6, 6.07) is 10.1. The van der Waals surface area contributed by atoms with Crippen molar-refractivity contribution in [2.75, 3.05) is 5.32 Å². The van der Waals surface area contributed by atoms with Crippen LogP contribution in [-0.2, 0) is 6.54 Å². The summed E-state index contributed by atoms with van der Waals surface area (Å²) in [6.45, 7) is 5.96. The third-order valence-corrected chi connectivity index (χ3v) is 3.79. The SMILES string of the molecule is Cc1ccc(NCc2c(F)cccc2Cl)cc1C(=O)NC(C)C. The van der Waals surface area contributed by atoms with Gasteiger partial charge in [-0.3, -0.25) is 4.79 Å². The van der Waals surface area contributed by atoms with Crippen molar-refractivity contribution in [1.29, 1.82) is 0 Å². The highest BCUT2D eigenvalue weighted by molar-refractivity contribution is 6.31. The lowest BCUT2D eigenvalue weighted by Crippen LogP contribution is -2.30. The van der Waals surface area contributed by atoms with E-state index in [0.29, 0.717) is 16.1 Å². The molecule has 0 atom stereocenters. The van der Waals surface area contributed by atoms with Gasteiger partial charge in [0.1, 0.15) is 5.82 Å². The molecule has 0 bridgehead atoms. The summed E-state index contributed by atoms with van der Waals surface area (Å²) >= 11 is 6.02. The molecule has 0 aliphatic heterocycles. The van der Waals surface area contributed by atoms with Gasteiger partial charge in [-0.25, -0.2) is 4.39 Å². The molecule has 122 valence electrons. The van der Waals surface area contributed by atoms with E-state index in [2.05, 4.69) is 10.6 Å². The van der Waals surface area contributed by atoms with E-state index in [4.69, 9.17) is 11.6 Å². The number of anilines is 1. The second-order valence-corrected chi connectivity index (χ2v) is 6.12. The molecule has 1 amide bonds. The van der Waals surface area contributed by atoms with Crippen LogP contribution >= 0.6 is 11.6 Å². The molecule has 0 aliphatic carbocycles. The number of amides is 1. The minimum absolute atomic E-state index is 0.0655. The highest BCUT2D eigenvalue weighted by atomic mass is 35.5. The lowest BCUT2D eigenvalue weighted by molar-refractivity contribution is 0.0942. The summed E-state index contributed by atoms with van der Waals surface area (Å²) in [5.74, 6) is -0.472. The second kappa shape index (κ2) is 7.47. The van der Waals surface area contributed by atoms with Crippen LogP contribution < -0.4 is 10.6 Å². The number of nitrogens with one attached hydrogen (secondary N) is 2. The third kappa shape index (κ3) is 4.45. The molecule has 0 aliphatic rings. The highest BCUT2D eigenvalue weighted by Gasteiger charge is 2.12. The van der Waals surface area contributed by atoms with Crippen LogP contribution in [0.25, 0.3) is 0 Å². The Hall–Kier alpha value is -2.07. The van der Waals surface area contributed by atoms with Crippen LogP contribution in [0.2, 0.25) is 5.02 Å². The van der Waals surface area contributed by atoms with Gasteiger partial charge in [0, 0.05) is 34.4 Å². The number of aryl methyl sites for hydroxylation is 1. The quantitative estimate of drug-likeness (QED) is 0.843. The molecule has 0 spiro atoms. The van der Waals surface area contributed by atoms with Crippen LogP contribution in [0.4, 0.5) is 10.1 Å². The van der Waals surface area contributed by atoms with E-state index in [0.717, 1.165) is 11.3 Å². The Morgan fingerprint density at radius 1 is 1.26 bits per heavy atom. The van der Waals surface area contributed by atoms with Crippen molar-refractivity contribution >= 4 is 23.2 Å². The van der Waals surface area contributed by atoms with E-state index >= 15 is 0 Å². The van der Waals surface area contributed by atoms with E-state index in [9.17, 15) is 9.18 Å². The maximum atomic E-state index is 13.8. The Balaban J connectivity index is 2.17. The molecule has 0 heterocycles. The number of hydrogen-bond acceptors (Lipinski definition) is 2. The van der Waals surface area contributed by atoms with Crippen LogP contribution in [0.3, 0.4) is 0 Å². The van der Waals surface area contributed by atoms with Crippen LogP contribution in [0, 0.1) is 12.7 Å². The molecule has 0 fully saturated rings. The maximum Gasteiger partial charge on any atom is 0.251 e. The first kappa shape index (κ1) is 17.3. The van der Waals surface area contributed by atoms with Crippen LogP contribution in [0.15, 0.2) is 36.4 Å². The monoisotopic (exact) mass is 334 g/mol. The van der Waals surface area contributed by atoms with Crippen LogP contribution in [-0.4, -0.2) is 11.9 Å². The molecular weight excluding hydrogens is 315 g/mol. The number of carbonyl (C=O) groups is 1. The third-order valence-electron chi connectivity index (χ3n) is 3.43. The Morgan fingerprint density at radius 3 is 2.65 bits per heavy atom. The molecule has 0 aromatic heterocycles. The molecule has 23 heavy (non-hydrogen) atoms. The molecule has 2 aromatic rings. The van der Waals surface area contributed by atoms with Gasteiger partial charge >= 0.3 is 0 Å². The molecular formula is C18H20ClFN2O. The average Bonchev–Trinajstić information content (AvgIpc) is 2.47. The molecule has 0 radical (unpaired) electrons. The van der Waals surface area contributed by atoms with Crippen molar-refractivity contribution < 1.29 is 9.18 Å². The number of hydrogen-bond donors (Lipinski definition) is 2. The fourth-order valence-electron chi connectivity index (χ4n) is 2.21. The minimum Gasteiger partial charge on any atom is -0.381 e. The lowest BCUT2D eigenvalue weighted by atomic mass is 10.1.